The Morgan fingerprint density at radius 3 is 2.47 bits per heavy atom. The molecule has 0 aliphatic carbocycles. The Labute approximate surface area is 105 Å². The summed E-state index contributed by atoms with van der Waals surface area (Å²) in [5.74, 6) is 0.480. The first-order chi connectivity index (χ1) is 8.31. The lowest BCUT2D eigenvalue weighted by molar-refractivity contribution is -0.123. The number of rotatable bonds is 7. The molecule has 0 aromatic heterocycles. The Morgan fingerprint density at radius 2 is 1.82 bits per heavy atom. The van der Waals surface area contributed by atoms with Crippen LogP contribution in [0, 0.1) is 0 Å². The highest BCUT2D eigenvalue weighted by Gasteiger charge is 2.39. The predicted octanol–water partition coefficient (Wildman–Crippen LogP) is 2.39. The van der Waals surface area contributed by atoms with Crippen molar-refractivity contribution in [2.24, 2.45) is 0 Å². The van der Waals surface area contributed by atoms with Gasteiger partial charge >= 0.3 is 0 Å². The predicted molar refractivity (Wildman–Crippen MR) is 68.1 cm³/mol. The van der Waals surface area contributed by atoms with E-state index in [2.05, 4.69) is 11.8 Å². The fraction of sp³-hybridized carbons (Fsp3) is 0.929. The number of carbonyl (C=O) groups is 1. The minimum atomic E-state index is 0.480. The van der Waals surface area contributed by atoms with Gasteiger partial charge < -0.3 is 4.74 Å². The molecule has 2 rings (SSSR count). The average Bonchev–Trinajstić information content (AvgIpc) is 2.56. The minimum absolute atomic E-state index is 0.480. The third-order valence-electron chi connectivity index (χ3n) is 4.04. The van der Waals surface area contributed by atoms with Crippen molar-refractivity contribution in [1.29, 1.82) is 0 Å². The van der Waals surface area contributed by atoms with Crippen LogP contribution in [-0.2, 0) is 9.53 Å². The third-order valence-corrected chi connectivity index (χ3v) is 4.04. The number of hydrogen-bond acceptors (Lipinski definition) is 3. The molecule has 0 aromatic rings. The highest BCUT2D eigenvalue weighted by Crippen LogP contribution is 2.33. The molecule has 2 aliphatic rings. The van der Waals surface area contributed by atoms with Crippen molar-refractivity contribution >= 4 is 5.78 Å². The largest absolute Gasteiger partial charge is 0.381 e. The van der Waals surface area contributed by atoms with Crippen LogP contribution >= 0.6 is 0 Å². The van der Waals surface area contributed by atoms with Crippen molar-refractivity contribution in [3.05, 3.63) is 0 Å². The van der Waals surface area contributed by atoms with Gasteiger partial charge in [0, 0.05) is 44.7 Å². The van der Waals surface area contributed by atoms with Gasteiger partial charge in [0.15, 0.2) is 0 Å². The standard InChI is InChI=1S/C14H25NO2/c1-2-3-8-17-9-4-7-15-12-5-6-13(15)11-14(16)10-12/h12-13H,2-11H2,1H3. The number of Topliss-reactive ketones (excluding diaryl/α,β-unsaturated/α-hetero) is 1. The van der Waals surface area contributed by atoms with Crippen molar-refractivity contribution in [1.82, 2.24) is 4.90 Å². The van der Waals surface area contributed by atoms with E-state index in [0.717, 1.165) is 39.0 Å². The van der Waals surface area contributed by atoms with E-state index >= 15 is 0 Å². The lowest BCUT2D eigenvalue weighted by Gasteiger charge is -2.33. The van der Waals surface area contributed by atoms with Crippen LogP contribution in [0.3, 0.4) is 0 Å². The Hall–Kier alpha value is -0.410. The van der Waals surface area contributed by atoms with Gasteiger partial charge in [0.25, 0.3) is 0 Å². The van der Waals surface area contributed by atoms with Gasteiger partial charge in [-0.05, 0) is 25.7 Å². The normalized spacial score (nSPS) is 28.9. The Bertz CT molecular complexity index is 239. The second-order valence-electron chi connectivity index (χ2n) is 5.39. The molecule has 2 saturated heterocycles. The lowest BCUT2D eigenvalue weighted by Crippen LogP contribution is -2.43. The Morgan fingerprint density at radius 1 is 1.18 bits per heavy atom. The van der Waals surface area contributed by atoms with Gasteiger partial charge in [-0.1, -0.05) is 13.3 Å². The van der Waals surface area contributed by atoms with Crippen LogP contribution in [0.5, 0.6) is 0 Å². The summed E-state index contributed by atoms with van der Waals surface area (Å²) in [4.78, 5) is 14.0. The molecule has 0 saturated carbocycles. The topological polar surface area (TPSA) is 29.5 Å². The number of ketones is 1. The number of carbonyl (C=O) groups excluding carboxylic acids is 1. The van der Waals surface area contributed by atoms with E-state index in [-0.39, 0.29) is 0 Å². The van der Waals surface area contributed by atoms with Gasteiger partial charge in [0.05, 0.1) is 0 Å². The number of nitrogens with zero attached hydrogens (tertiary/aromatic N) is 1. The maximum absolute atomic E-state index is 11.5. The summed E-state index contributed by atoms with van der Waals surface area (Å²) in [5.41, 5.74) is 0. The molecule has 0 N–H and O–H groups in total. The van der Waals surface area contributed by atoms with Gasteiger partial charge in [-0.3, -0.25) is 9.69 Å². The molecule has 3 nitrogen and oxygen atoms in total. The van der Waals surface area contributed by atoms with Crippen LogP contribution in [0.4, 0.5) is 0 Å². The highest BCUT2D eigenvalue weighted by molar-refractivity contribution is 5.80. The summed E-state index contributed by atoms with van der Waals surface area (Å²) in [6.45, 7) is 5.09. The number of ether oxygens (including phenoxy) is 1. The van der Waals surface area contributed by atoms with E-state index in [4.69, 9.17) is 4.74 Å². The number of piperidine rings is 1. The summed E-state index contributed by atoms with van der Waals surface area (Å²) in [5, 5.41) is 0. The first-order valence-corrected chi connectivity index (χ1v) is 7.16. The highest BCUT2D eigenvalue weighted by atomic mass is 16.5. The molecule has 0 aromatic carbocycles. The maximum atomic E-state index is 11.5. The first-order valence-electron chi connectivity index (χ1n) is 7.16. The van der Waals surface area contributed by atoms with Crippen molar-refractivity contribution in [3.8, 4) is 0 Å². The molecule has 2 aliphatic heterocycles. The van der Waals surface area contributed by atoms with Crippen molar-refractivity contribution in [2.45, 2.75) is 64.0 Å². The van der Waals surface area contributed by atoms with E-state index in [1.807, 2.05) is 0 Å². The van der Waals surface area contributed by atoms with Crippen molar-refractivity contribution in [3.63, 3.8) is 0 Å². The zero-order chi connectivity index (χ0) is 12.1. The molecule has 17 heavy (non-hydrogen) atoms. The van der Waals surface area contributed by atoms with E-state index in [9.17, 15) is 4.79 Å². The van der Waals surface area contributed by atoms with Crippen molar-refractivity contribution < 1.29 is 9.53 Å². The zero-order valence-electron chi connectivity index (χ0n) is 11.0. The van der Waals surface area contributed by atoms with Crippen LogP contribution in [0.2, 0.25) is 0 Å². The summed E-state index contributed by atoms with van der Waals surface area (Å²) in [6.07, 6.45) is 7.55. The summed E-state index contributed by atoms with van der Waals surface area (Å²) >= 11 is 0. The molecule has 3 heteroatoms. The second kappa shape index (κ2) is 6.50. The van der Waals surface area contributed by atoms with Crippen molar-refractivity contribution in [2.75, 3.05) is 19.8 Å². The molecule has 2 bridgehead atoms. The molecule has 0 radical (unpaired) electrons. The molecule has 98 valence electrons. The maximum Gasteiger partial charge on any atom is 0.136 e. The Kier molecular flexibility index (Phi) is 4.99. The smallest absolute Gasteiger partial charge is 0.136 e. The summed E-state index contributed by atoms with van der Waals surface area (Å²) in [6, 6.07) is 1.11. The molecule has 2 heterocycles. The van der Waals surface area contributed by atoms with E-state index in [1.165, 1.54) is 25.7 Å². The number of fused-ring (bicyclic) bond motifs is 2. The first kappa shape index (κ1) is 13.0. The zero-order valence-corrected chi connectivity index (χ0v) is 11.0. The molecule has 0 spiro atoms. The molecular formula is C14H25NO2. The van der Waals surface area contributed by atoms with Gasteiger partial charge in [-0.2, -0.15) is 0 Å². The van der Waals surface area contributed by atoms with Crippen LogP contribution < -0.4 is 0 Å². The van der Waals surface area contributed by atoms with Gasteiger partial charge in [-0.25, -0.2) is 0 Å². The van der Waals surface area contributed by atoms with E-state index in [1.54, 1.807) is 0 Å². The average molecular weight is 239 g/mol. The summed E-state index contributed by atoms with van der Waals surface area (Å²) in [7, 11) is 0. The lowest BCUT2D eigenvalue weighted by atomic mass is 10.0. The van der Waals surface area contributed by atoms with E-state index < -0.39 is 0 Å². The van der Waals surface area contributed by atoms with Crippen LogP contribution in [0.1, 0.15) is 51.9 Å². The second-order valence-corrected chi connectivity index (χ2v) is 5.39. The van der Waals surface area contributed by atoms with Crippen LogP contribution in [-0.4, -0.2) is 42.5 Å². The minimum Gasteiger partial charge on any atom is -0.381 e. The molecule has 2 atom stereocenters. The fourth-order valence-electron chi connectivity index (χ4n) is 3.12. The van der Waals surface area contributed by atoms with Gasteiger partial charge in [-0.15, -0.1) is 0 Å². The number of hydrogen-bond donors (Lipinski definition) is 0. The fourth-order valence-corrected chi connectivity index (χ4v) is 3.12. The molecule has 2 fully saturated rings. The molecule has 0 amide bonds. The SMILES string of the molecule is CCCCOCCCN1C2CCC1CC(=O)C2. The van der Waals surface area contributed by atoms with Gasteiger partial charge in [0.2, 0.25) is 0 Å². The molecular weight excluding hydrogens is 214 g/mol. The van der Waals surface area contributed by atoms with Crippen LogP contribution in [0.25, 0.3) is 0 Å². The number of unbranched alkanes of at least 4 members (excludes halogenated alkanes) is 1. The Balaban J connectivity index is 1.62. The van der Waals surface area contributed by atoms with Crippen LogP contribution in [0.15, 0.2) is 0 Å². The van der Waals surface area contributed by atoms with Gasteiger partial charge in [0.1, 0.15) is 5.78 Å². The van der Waals surface area contributed by atoms with E-state index in [0.29, 0.717) is 17.9 Å². The third kappa shape index (κ3) is 3.52. The quantitative estimate of drug-likeness (QED) is 0.639. The summed E-state index contributed by atoms with van der Waals surface area (Å²) < 4.78 is 5.58. The monoisotopic (exact) mass is 239 g/mol. The molecule has 2 unspecified atom stereocenters.